The van der Waals surface area contributed by atoms with Crippen molar-refractivity contribution in [1.82, 2.24) is 15.6 Å². The highest BCUT2D eigenvalue weighted by Gasteiger charge is 2.63. The lowest BCUT2D eigenvalue weighted by molar-refractivity contribution is -0.153. The molecule has 1 aromatic heterocycles. The van der Waals surface area contributed by atoms with Crippen LogP contribution in [0.15, 0.2) is 22.8 Å². The molecule has 10 heteroatoms. The molecule has 1 aromatic carbocycles. The van der Waals surface area contributed by atoms with E-state index in [1.54, 1.807) is 24.8 Å². The van der Waals surface area contributed by atoms with Crippen molar-refractivity contribution in [2.24, 2.45) is 5.41 Å². The van der Waals surface area contributed by atoms with Gasteiger partial charge in [0.15, 0.2) is 5.41 Å². The van der Waals surface area contributed by atoms with Gasteiger partial charge in [-0.25, -0.2) is 14.2 Å². The Bertz CT molecular complexity index is 1110. The molecule has 4 amide bonds. The Kier molecular flexibility index (Phi) is 4.20. The van der Waals surface area contributed by atoms with E-state index in [-0.39, 0.29) is 25.0 Å². The van der Waals surface area contributed by atoms with Gasteiger partial charge in [0.1, 0.15) is 12.1 Å². The lowest BCUT2D eigenvalue weighted by Crippen LogP contribution is -2.75. The van der Waals surface area contributed by atoms with Gasteiger partial charge in [0.05, 0.1) is 29.6 Å². The molecule has 1 spiro atoms. The molecule has 2 aromatic rings. The number of oxazole rings is 1. The standard InChI is InChI=1S/C21H21FN4O5/c1-9-8-30-17(23-9)12-4-13-6-21(18(27)24-20(29)25-19(21)28)16-11(3)31-10(2)7-26(16)15(13)14(22)5-12/h4-5,8,10-11,16H,6-7H2,1-3H3,(H2,24,25,27,28,29). The third-order valence-corrected chi connectivity index (χ3v) is 6.22. The monoisotopic (exact) mass is 428 g/mol. The van der Waals surface area contributed by atoms with Crippen LogP contribution in [0.2, 0.25) is 0 Å². The Morgan fingerprint density at radius 3 is 2.55 bits per heavy atom. The van der Waals surface area contributed by atoms with Crippen LogP contribution in [0.4, 0.5) is 14.9 Å². The normalized spacial score (nSPS) is 26.9. The summed E-state index contributed by atoms with van der Waals surface area (Å²) in [6.07, 6.45) is 0.554. The van der Waals surface area contributed by atoms with E-state index < -0.39 is 41.2 Å². The molecular formula is C21H21FN4O5. The van der Waals surface area contributed by atoms with Gasteiger partial charge in [-0.2, -0.15) is 0 Å². The van der Waals surface area contributed by atoms with Gasteiger partial charge in [-0.1, -0.05) is 0 Å². The topological polar surface area (TPSA) is 114 Å². The highest BCUT2D eigenvalue weighted by molar-refractivity contribution is 6.20. The third kappa shape index (κ3) is 2.78. The number of fused-ring (bicyclic) bond motifs is 4. The van der Waals surface area contributed by atoms with Crippen LogP contribution >= 0.6 is 0 Å². The molecule has 9 nitrogen and oxygen atoms in total. The molecule has 162 valence electrons. The number of benzene rings is 1. The number of aryl methyl sites for hydroxylation is 1. The number of imide groups is 2. The number of halogens is 1. The smallest absolute Gasteiger partial charge is 0.328 e. The summed E-state index contributed by atoms with van der Waals surface area (Å²) in [7, 11) is 0. The highest BCUT2D eigenvalue weighted by Crippen LogP contribution is 2.48. The lowest BCUT2D eigenvalue weighted by atomic mass is 9.66. The molecule has 2 saturated heterocycles. The van der Waals surface area contributed by atoms with Crippen LogP contribution in [0.3, 0.4) is 0 Å². The number of anilines is 1. The number of carbonyl (C=O) groups excluding carboxylic acids is 3. The van der Waals surface area contributed by atoms with E-state index in [0.29, 0.717) is 22.5 Å². The maximum absolute atomic E-state index is 15.5. The van der Waals surface area contributed by atoms with E-state index >= 15 is 4.39 Å². The van der Waals surface area contributed by atoms with E-state index in [9.17, 15) is 14.4 Å². The molecule has 3 unspecified atom stereocenters. The van der Waals surface area contributed by atoms with E-state index in [0.717, 1.165) is 0 Å². The lowest BCUT2D eigenvalue weighted by Gasteiger charge is -2.55. The summed E-state index contributed by atoms with van der Waals surface area (Å²) in [6.45, 7) is 5.64. The van der Waals surface area contributed by atoms with Gasteiger partial charge < -0.3 is 14.1 Å². The number of nitrogens with zero attached hydrogens (tertiary/aromatic N) is 2. The average Bonchev–Trinajstić information content (AvgIpc) is 3.11. The molecule has 0 saturated carbocycles. The molecule has 2 N–H and O–H groups in total. The third-order valence-electron chi connectivity index (χ3n) is 6.22. The number of carbonyl (C=O) groups is 3. The van der Waals surface area contributed by atoms with Gasteiger partial charge >= 0.3 is 6.03 Å². The van der Waals surface area contributed by atoms with Crippen molar-refractivity contribution in [3.05, 3.63) is 35.5 Å². The number of nitrogens with one attached hydrogen (secondary N) is 2. The first-order valence-electron chi connectivity index (χ1n) is 10.0. The van der Waals surface area contributed by atoms with Gasteiger partial charge in [-0.05, 0) is 38.5 Å². The van der Waals surface area contributed by atoms with Crippen LogP contribution in [0.5, 0.6) is 0 Å². The van der Waals surface area contributed by atoms with E-state index in [2.05, 4.69) is 15.6 Å². The largest absolute Gasteiger partial charge is 0.444 e. The maximum Gasteiger partial charge on any atom is 0.328 e. The van der Waals surface area contributed by atoms with Crippen LogP contribution < -0.4 is 15.5 Å². The van der Waals surface area contributed by atoms with E-state index in [1.165, 1.54) is 12.3 Å². The number of hydrogen-bond acceptors (Lipinski definition) is 7. The number of amides is 4. The number of morpholine rings is 1. The van der Waals surface area contributed by atoms with Crippen LogP contribution in [0, 0.1) is 18.2 Å². The molecule has 2 fully saturated rings. The Labute approximate surface area is 176 Å². The maximum atomic E-state index is 15.5. The number of urea groups is 1. The van der Waals surface area contributed by atoms with Crippen molar-refractivity contribution in [3.8, 4) is 11.5 Å². The van der Waals surface area contributed by atoms with Gasteiger partial charge in [-0.15, -0.1) is 0 Å². The van der Waals surface area contributed by atoms with Gasteiger partial charge in [0.2, 0.25) is 17.7 Å². The molecule has 0 bridgehead atoms. The summed E-state index contributed by atoms with van der Waals surface area (Å²) >= 11 is 0. The second-order valence-electron chi connectivity index (χ2n) is 8.39. The SMILES string of the molecule is Cc1coc(-c2cc(F)c3c(c2)CC2(C(=O)NC(=O)NC2=O)C2C(C)OC(C)CN32)n1. The number of barbiturate groups is 1. The predicted molar refractivity (Wildman–Crippen MR) is 106 cm³/mol. The predicted octanol–water partition coefficient (Wildman–Crippen LogP) is 1.68. The van der Waals surface area contributed by atoms with Crippen molar-refractivity contribution in [1.29, 1.82) is 0 Å². The van der Waals surface area contributed by atoms with Gasteiger partial charge in [-0.3, -0.25) is 20.2 Å². The summed E-state index contributed by atoms with van der Waals surface area (Å²) < 4.78 is 26.8. The molecule has 0 radical (unpaired) electrons. The number of hydrogen-bond donors (Lipinski definition) is 2. The number of rotatable bonds is 1. The first-order valence-corrected chi connectivity index (χ1v) is 10.0. The van der Waals surface area contributed by atoms with E-state index in [1.807, 2.05) is 6.92 Å². The Balaban J connectivity index is 1.72. The Morgan fingerprint density at radius 2 is 1.90 bits per heavy atom. The quantitative estimate of drug-likeness (QED) is 0.665. The van der Waals surface area contributed by atoms with Crippen LogP contribution in [0.1, 0.15) is 25.1 Å². The van der Waals surface area contributed by atoms with Crippen molar-refractivity contribution in [2.45, 2.75) is 45.4 Å². The highest BCUT2D eigenvalue weighted by atomic mass is 19.1. The second kappa shape index (κ2) is 6.61. The summed E-state index contributed by atoms with van der Waals surface area (Å²) in [5.74, 6) is -1.70. The first-order chi connectivity index (χ1) is 14.7. The Morgan fingerprint density at radius 1 is 1.19 bits per heavy atom. The van der Waals surface area contributed by atoms with Gasteiger partial charge in [0.25, 0.3) is 0 Å². The summed E-state index contributed by atoms with van der Waals surface area (Å²) in [6, 6.07) is 1.37. The minimum absolute atomic E-state index is 0.0963. The fourth-order valence-corrected chi connectivity index (χ4v) is 5.15. The molecule has 0 aliphatic carbocycles. The van der Waals surface area contributed by atoms with Crippen LogP contribution in [-0.2, 0) is 20.7 Å². The van der Waals surface area contributed by atoms with Crippen molar-refractivity contribution in [3.63, 3.8) is 0 Å². The fourth-order valence-electron chi connectivity index (χ4n) is 5.15. The number of aromatic nitrogens is 1. The first kappa shape index (κ1) is 19.7. The van der Waals surface area contributed by atoms with Gasteiger partial charge in [0, 0.05) is 18.5 Å². The average molecular weight is 428 g/mol. The summed E-state index contributed by atoms with van der Waals surface area (Å²) in [5.41, 5.74) is 0.174. The summed E-state index contributed by atoms with van der Waals surface area (Å²) in [4.78, 5) is 44.0. The van der Waals surface area contributed by atoms with E-state index in [4.69, 9.17) is 9.15 Å². The molecular weight excluding hydrogens is 407 g/mol. The molecule has 31 heavy (non-hydrogen) atoms. The molecule has 5 rings (SSSR count). The zero-order valence-electron chi connectivity index (χ0n) is 17.2. The zero-order valence-corrected chi connectivity index (χ0v) is 17.2. The molecule has 3 aliphatic rings. The summed E-state index contributed by atoms with van der Waals surface area (Å²) in [5, 5.41) is 4.43. The minimum atomic E-state index is -1.65. The van der Waals surface area contributed by atoms with Crippen LogP contribution in [-0.4, -0.2) is 47.6 Å². The van der Waals surface area contributed by atoms with Crippen molar-refractivity contribution in [2.75, 3.05) is 11.4 Å². The Hall–Kier alpha value is -3.27. The second-order valence-corrected chi connectivity index (χ2v) is 8.39. The minimum Gasteiger partial charge on any atom is -0.444 e. The number of ether oxygens (including phenoxy) is 1. The van der Waals surface area contributed by atoms with Crippen LogP contribution in [0.25, 0.3) is 11.5 Å². The van der Waals surface area contributed by atoms with Crippen molar-refractivity contribution < 1.29 is 27.9 Å². The molecule has 4 heterocycles. The molecule has 3 atom stereocenters. The fraction of sp³-hybridized carbons (Fsp3) is 0.429. The zero-order chi connectivity index (χ0) is 22.1. The van der Waals surface area contributed by atoms with Crippen molar-refractivity contribution >= 4 is 23.5 Å². The molecule has 3 aliphatic heterocycles.